The SMILES string of the molecule is COCC1CCCN1C(=O)c1cnc2scc(-c3ccc(Cl)s3)n2c1=O. The lowest BCUT2D eigenvalue weighted by Crippen LogP contribution is -2.41. The second-order valence-electron chi connectivity index (χ2n) is 6.07. The largest absolute Gasteiger partial charge is 0.383 e. The molecule has 1 unspecified atom stereocenters. The normalized spacial score (nSPS) is 17.3. The van der Waals surface area contributed by atoms with Crippen LogP contribution in [0.25, 0.3) is 15.5 Å². The van der Waals surface area contributed by atoms with E-state index in [0.717, 1.165) is 17.7 Å². The van der Waals surface area contributed by atoms with Crippen molar-refractivity contribution in [1.82, 2.24) is 14.3 Å². The van der Waals surface area contributed by atoms with Gasteiger partial charge in [0, 0.05) is 25.2 Å². The third-order valence-electron chi connectivity index (χ3n) is 4.50. The molecular weight excluding hydrogens is 394 g/mol. The zero-order valence-electron chi connectivity index (χ0n) is 14.0. The van der Waals surface area contributed by atoms with Crippen molar-refractivity contribution >= 4 is 45.1 Å². The van der Waals surface area contributed by atoms with Crippen molar-refractivity contribution < 1.29 is 9.53 Å². The van der Waals surface area contributed by atoms with Crippen molar-refractivity contribution in [2.24, 2.45) is 0 Å². The molecule has 6 nitrogen and oxygen atoms in total. The van der Waals surface area contributed by atoms with E-state index in [1.54, 1.807) is 18.1 Å². The zero-order valence-corrected chi connectivity index (χ0v) is 16.4. The average Bonchev–Trinajstić information content (AvgIpc) is 3.34. The van der Waals surface area contributed by atoms with Crippen LogP contribution in [-0.4, -0.2) is 46.5 Å². The highest BCUT2D eigenvalue weighted by molar-refractivity contribution is 7.20. The summed E-state index contributed by atoms with van der Waals surface area (Å²) in [5, 5.41) is 1.86. The fourth-order valence-electron chi connectivity index (χ4n) is 3.29. The molecule has 1 aliphatic rings. The predicted octanol–water partition coefficient (Wildman–Crippen LogP) is 3.39. The summed E-state index contributed by atoms with van der Waals surface area (Å²) in [5.41, 5.74) is 0.459. The average molecular weight is 410 g/mol. The van der Waals surface area contributed by atoms with Gasteiger partial charge in [0.05, 0.1) is 27.6 Å². The number of methoxy groups -OCH3 is 1. The van der Waals surface area contributed by atoms with Crippen molar-refractivity contribution in [3.63, 3.8) is 0 Å². The van der Waals surface area contributed by atoms with Gasteiger partial charge >= 0.3 is 0 Å². The van der Waals surface area contributed by atoms with Crippen LogP contribution in [0.3, 0.4) is 0 Å². The number of amides is 1. The maximum atomic E-state index is 13.1. The summed E-state index contributed by atoms with van der Waals surface area (Å²) in [7, 11) is 1.62. The molecule has 4 heterocycles. The number of hydrogen-bond donors (Lipinski definition) is 0. The number of ether oxygens (including phenoxy) is 1. The molecule has 1 amide bonds. The Balaban J connectivity index is 1.78. The Morgan fingerprint density at radius 2 is 2.31 bits per heavy atom. The molecule has 0 spiro atoms. The van der Waals surface area contributed by atoms with E-state index in [1.807, 2.05) is 11.4 Å². The Morgan fingerprint density at radius 3 is 3.04 bits per heavy atom. The van der Waals surface area contributed by atoms with Crippen LogP contribution in [0.2, 0.25) is 4.34 Å². The van der Waals surface area contributed by atoms with E-state index in [4.69, 9.17) is 16.3 Å². The van der Waals surface area contributed by atoms with Crippen molar-refractivity contribution in [3.8, 4) is 10.6 Å². The monoisotopic (exact) mass is 409 g/mol. The highest BCUT2D eigenvalue weighted by atomic mass is 35.5. The summed E-state index contributed by atoms with van der Waals surface area (Å²) in [6.07, 6.45) is 3.19. The van der Waals surface area contributed by atoms with Gasteiger partial charge in [-0.05, 0) is 25.0 Å². The van der Waals surface area contributed by atoms with Crippen molar-refractivity contribution in [1.29, 1.82) is 0 Å². The van der Waals surface area contributed by atoms with Gasteiger partial charge in [-0.3, -0.25) is 9.59 Å². The quantitative estimate of drug-likeness (QED) is 0.662. The molecule has 1 fully saturated rings. The third-order valence-corrected chi connectivity index (χ3v) is 6.59. The summed E-state index contributed by atoms with van der Waals surface area (Å²) >= 11 is 8.78. The van der Waals surface area contributed by atoms with Crippen molar-refractivity contribution in [2.75, 3.05) is 20.3 Å². The minimum absolute atomic E-state index is 0.00523. The van der Waals surface area contributed by atoms with Crippen molar-refractivity contribution in [2.45, 2.75) is 18.9 Å². The number of thiazole rings is 1. The first-order valence-corrected chi connectivity index (χ1v) is 10.2. The summed E-state index contributed by atoms with van der Waals surface area (Å²) < 4.78 is 7.35. The molecule has 0 radical (unpaired) electrons. The Morgan fingerprint density at radius 1 is 1.46 bits per heavy atom. The summed E-state index contributed by atoms with van der Waals surface area (Å²) in [5.74, 6) is -0.280. The third kappa shape index (κ3) is 2.96. The molecule has 0 saturated carbocycles. The summed E-state index contributed by atoms with van der Waals surface area (Å²) in [6, 6.07) is 3.66. The maximum absolute atomic E-state index is 13.1. The molecule has 3 aromatic rings. The van der Waals surface area contributed by atoms with Crippen LogP contribution in [0.5, 0.6) is 0 Å². The molecule has 1 aliphatic heterocycles. The number of likely N-dealkylation sites (tertiary alicyclic amines) is 1. The molecule has 136 valence electrons. The Bertz CT molecular complexity index is 1030. The van der Waals surface area contributed by atoms with E-state index in [-0.39, 0.29) is 23.1 Å². The van der Waals surface area contributed by atoms with Crippen LogP contribution < -0.4 is 5.56 Å². The van der Waals surface area contributed by atoms with Gasteiger partial charge in [0.1, 0.15) is 5.56 Å². The smallest absolute Gasteiger partial charge is 0.271 e. The molecule has 0 N–H and O–H groups in total. The zero-order chi connectivity index (χ0) is 18.3. The number of thiophene rings is 1. The second kappa shape index (κ2) is 7.11. The van der Waals surface area contributed by atoms with Crippen molar-refractivity contribution in [3.05, 3.63) is 44.0 Å². The molecule has 26 heavy (non-hydrogen) atoms. The molecule has 1 saturated heterocycles. The van der Waals surface area contributed by atoms with Gasteiger partial charge in [-0.15, -0.1) is 22.7 Å². The summed E-state index contributed by atoms with van der Waals surface area (Å²) in [6.45, 7) is 1.10. The van der Waals surface area contributed by atoms with Crippen LogP contribution in [0.15, 0.2) is 28.5 Å². The lowest BCUT2D eigenvalue weighted by atomic mass is 10.2. The van der Waals surface area contributed by atoms with Crippen LogP contribution >= 0.6 is 34.3 Å². The topological polar surface area (TPSA) is 63.9 Å². The number of halogens is 1. The lowest BCUT2D eigenvalue weighted by Gasteiger charge is -2.23. The van der Waals surface area contributed by atoms with Gasteiger partial charge in [0.2, 0.25) is 0 Å². The van der Waals surface area contributed by atoms with Gasteiger partial charge in [-0.25, -0.2) is 9.38 Å². The van der Waals surface area contributed by atoms with Crippen LogP contribution in [-0.2, 0) is 4.74 Å². The van der Waals surface area contributed by atoms with Gasteiger partial charge in [-0.1, -0.05) is 11.6 Å². The predicted molar refractivity (Wildman–Crippen MR) is 104 cm³/mol. The van der Waals surface area contributed by atoms with Crippen LogP contribution in [0.1, 0.15) is 23.2 Å². The number of carbonyl (C=O) groups is 1. The molecule has 9 heteroatoms. The lowest BCUT2D eigenvalue weighted by molar-refractivity contribution is 0.0628. The maximum Gasteiger partial charge on any atom is 0.271 e. The standard InChI is InChI=1S/C17H16ClN3O3S2/c1-24-8-10-3-2-6-20(10)15(22)11-7-19-17-21(16(11)23)12(9-25-17)13-4-5-14(18)26-13/h4-5,7,9-10H,2-3,6,8H2,1H3. The van der Waals surface area contributed by atoms with Crippen LogP contribution in [0.4, 0.5) is 0 Å². The first kappa shape index (κ1) is 17.7. The van der Waals surface area contributed by atoms with Gasteiger partial charge < -0.3 is 9.64 Å². The minimum Gasteiger partial charge on any atom is -0.383 e. The molecular formula is C17H16ClN3O3S2. The van der Waals surface area contributed by atoms with E-state index in [0.29, 0.717) is 28.1 Å². The molecule has 1 atom stereocenters. The molecule has 3 aromatic heterocycles. The van der Waals surface area contributed by atoms with E-state index >= 15 is 0 Å². The number of carbonyl (C=O) groups excluding carboxylic acids is 1. The highest BCUT2D eigenvalue weighted by Gasteiger charge is 2.31. The Hall–Kier alpha value is -1.74. The number of rotatable bonds is 4. The number of nitrogens with zero attached hydrogens (tertiary/aromatic N) is 3. The number of aromatic nitrogens is 2. The first-order chi connectivity index (χ1) is 12.6. The summed E-state index contributed by atoms with van der Waals surface area (Å²) in [4.78, 5) is 33.5. The van der Waals surface area contributed by atoms with Gasteiger partial charge in [0.25, 0.3) is 11.5 Å². The number of fused-ring (bicyclic) bond motifs is 1. The van der Waals surface area contributed by atoms with E-state index < -0.39 is 0 Å². The first-order valence-electron chi connectivity index (χ1n) is 8.15. The fraction of sp³-hybridized carbons (Fsp3) is 0.353. The molecule has 0 aromatic carbocycles. The van der Waals surface area contributed by atoms with E-state index in [1.165, 1.54) is 33.3 Å². The molecule has 0 aliphatic carbocycles. The van der Waals surface area contributed by atoms with E-state index in [2.05, 4.69) is 4.98 Å². The fourth-order valence-corrected chi connectivity index (χ4v) is 5.26. The number of hydrogen-bond acceptors (Lipinski definition) is 6. The molecule has 4 rings (SSSR count). The van der Waals surface area contributed by atoms with Gasteiger partial charge in [0.15, 0.2) is 4.96 Å². The minimum atomic E-state index is -0.344. The van der Waals surface area contributed by atoms with Crippen LogP contribution in [0, 0.1) is 0 Å². The second-order valence-corrected chi connectivity index (χ2v) is 8.62. The highest BCUT2D eigenvalue weighted by Crippen LogP contribution is 2.32. The molecule has 0 bridgehead atoms. The Labute approximate surface area is 162 Å². The van der Waals surface area contributed by atoms with E-state index in [9.17, 15) is 9.59 Å². The Kier molecular flexibility index (Phi) is 4.83. The van der Waals surface area contributed by atoms with Gasteiger partial charge in [-0.2, -0.15) is 0 Å².